The average Bonchev–Trinajstić information content (AvgIpc) is 2.70. The molecule has 2 rings (SSSR count). The van der Waals surface area contributed by atoms with Crippen LogP contribution in [0, 0.1) is 0 Å². The highest BCUT2D eigenvalue weighted by atomic mass is 16.5. The second kappa shape index (κ2) is 12.2. The van der Waals surface area contributed by atoms with Gasteiger partial charge in [0.1, 0.15) is 12.7 Å². The SMILES string of the molecule is CCN1CCN(CC(O)COc2ccc(CNCCOC)cc2OC)CC1. The second-order valence-corrected chi connectivity index (χ2v) is 6.85. The molecule has 154 valence electrons. The third kappa shape index (κ3) is 7.63. The molecule has 0 amide bonds. The van der Waals surface area contributed by atoms with Gasteiger partial charge in [-0.25, -0.2) is 0 Å². The van der Waals surface area contributed by atoms with Gasteiger partial charge in [-0.1, -0.05) is 13.0 Å². The summed E-state index contributed by atoms with van der Waals surface area (Å²) in [6.07, 6.45) is -0.515. The van der Waals surface area contributed by atoms with Crippen molar-refractivity contribution in [3.63, 3.8) is 0 Å². The number of ether oxygens (including phenoxy) is 3. The maximum absolute atomic E-state index is 10.3. The summed E-state index contributed by atoms with van der Waals surface area (Å²) in [4.78, 5) is 4.72. The fourth-order valence-corrected chi connectivity index (χ4v) is 3.17. The van der Waals surface area contributed by atoms with Crippen molar-refractivity contribution < 1.29 is 19.3 Å². The van der Waals surface area contributed by atoms with Crippen LogP contribution in [-0.4, -0.2) is 94.3 Å². The number of piperazine rings is 1. The lowest BCUT2D eigenvalue weighted by Crippen LogP contribution is -2.49. The molecule has 27 heavy (non-hydrogen) atoms. The molecule has 7 nitrogen and oxygen atoms in total. The molecular weight excluding hydrogens is 346 g/mol. The number of aliphatic hydroxyl groups excluding tert-OH is 1. The predicted molar refractivity (Wildman–Crippen MR) is 107 cm³/mol. The number of β-amino-alcohol motifs (C(OH)–C–C–N with tert-alkyl or cyclic N) is 1. The van der Waals surface area contributed by atoms with E-state index in [0.29, 0.717) is 24.7 Å². The molecule has 0 aliphatic carbocycles. The van der Waals surface area contributed by atoms with Crippen LogP contribution in [0.5, 0.6) is 11.5 Å². The lowest BCUT2D eigenvalue weighted by molar-refractivity contribution is 0.0464. The number of hydrogen-bond donors (Lipinski definition) is 2. The quantitative estimate of drug-likeness (QED) is 0.520. The molecule has 1 aliphatic rings. The van der Waals surface area contributed by atoms with Crippen LogP contribution in [-0.2, 0) is 11.3 Å². The van der Waals surface area contributed by atoms with Crippen molar-refractivity contribution in [3.05, 3.63) is 23.8 Å². The van der Waals surface area contributed by atoms with Gasteiger partial charge >= 0.3 is 0 Å². The summed E-state index contributed by atoms with van der Waals surface area (Å²) in [6, 6.07) is 5.87. The summed E-state index contributed by atoms with van der Waals surface area (Å²) < 4.78 is 16.3. The van der Waals surface area contributed by atoms with Crippen LogP contribution in [0.1, 0.15) is 12.5 Å². The van der Waals surface area contributed by atoms with Crippen molar-refractivity contribution in [1.82, 2.24) is 15.1 Å². The topological polar surface area (TPSA) is 66.4 Å². The Hall–Kier alpha value is -1.38. The molecule has 1 saturated heterocycles. The first kappa shape index (κ1) is 21.9. The largest absolute Gasteiger partial charge is 0.493 e. The fraction of sp³-hybridized carbons (Fsp3) is 0.700. The van der Waals surface area contributed by atoms with Gasteiger partial charge in [-0.05, 0) is 24.2 Å². The van der Waals surface area contributed by atoms with Gasteiger partial charge in [-0.2, -0.15) is 0 Å². The molecule has 1 fully saturated rings. The van der Waals surface area contributed by atoms with Gasteiger partial charge in [0.2, 0.25) is 0 Å². The van der Waals surface area contributed by atoms with Gasteiger partial charge in [0, 0.05) is 52.9 Å². The third-order valence-electron chi connectivity index (χ3n) is 4.85. The van der Waals surface area contributed by atoms with Crippen LogP contribution in [0.2, 0.25) is 0 Å². The van der Waals surface area contributed by atoms with Crippen LogP contribution in [0.3, 0.4) is 0 Å². The Bertz CT molecular complexity index is 536. The standard InChI is InChI=1S/C20H35N3O4/c1-4-22-8-10-23(11-9-22)15-18(24)16-27-19-6-5-17(13-20(19)26-3)14-21-7-12-25-2/h5-6,13,18,21,24H,4,7-12,14-16H2,1-3H3. The van der Waals surface area contributed by atoms with E-state index in [1.54, 1.807) is 14.2 Å². The molecule has 7 heteroatoms. The molecule has 1 heterocycles. The molecule has 1 aromatic rings. The minimum Gasteiger partial charge on any atom is -0.493 e. The highest BCUT2D eigenvalue weighted by molar-refractivity contribution is 5.43. The predicted octanol–water partition coefficient (Wildman–Crippen LogP) is 0.808. The van der Waals surface area contributed by atoms with Gasteiger partial charge < -0.3 is 29.5 Å². The molecule has 1 unspecified atom stereocenters. The molecule has 1 aliphatic heterocycles. The number of rotatable bonds is 12. The average molecular weight is 382 g/mol. The van der Waals surface area contributed by atoms with Crippen LogP contribution >= 0.6 is 0 Å². The highest BCUT2D eigenvalue weighted by Crippen LogP contribution is 2.28. The zero-order valence-electron chi connectivity index (χ0n) is 16.9. The molecule has 0 spiro atoms. The van der Waals surface area contributed by atoms with Crippen LogP contribution in [0.25, 0.3) is 0 Å². The van der Waals surface area contributed by atoms with Crippen LogP contribution < -0.4 is 14.8 Å². The monoisotopic (exact) mass is 381 g/mol. The Morgan fingerprint density at radius 1 is 1.11 bits per heavy atom. The second-order valence-electron chi connectivity index (χ2n) is 6.85. The van der Waals surface area contributed by atoms with Gasteiger partial charge in [-0.15, -0.1) is 0 Å². The first-order valence-corrected chi connectivity index (χ1v) is 9.78. The van der Waals surface area contributed by atoms with E-state index in [1.807, 2.05) is 18.2 Å². The molecule has 0 aromatic heterocycles. The van der Waals surface area contributed by atoms with Crippen LogP contribution in [0.15, 0.2) is 18.2 Å². The number of aliphatic hydroxyl groups is 1. The number of likely N-dealkylation sites (N-methyl/N-ethyl adjacent to an activating group) is 1. The zero-order valence-corrected chi connectivity index (χ0v) is 16.9. The molecule has 1 aromatic carbocycles. The number of methoxy groups -OCH3 is 2. The van der Waals surface area contributed by atoms with E-state index in [1.165, 1.54) is 0 Å². The van der Waals surface area contributed by atoms with Crippen molar-refractivity contribution in [3.8, 4) is 11.5 Å². The summed E-state index contributed by atoms with van der Waals surface area (Å²) in [5.41, 5.74) is 1.12. The van der Waals surface area contributed by atoms with E-state index in [-0.39, 0.29) is 6.61 Å². The summed E-state index contributed by atoms with van der Waals surface area (Å²) in [7, 11) is 3.32. The lowest BCUT2D eigenvalue weighted by Gasteiger charge is -2.34. The molecule has 2 N–H and O–H groups in total. The molecular formula is C20H35N3O4. The Morgan fingerprint density at radius 3 is 2.52 bits per heavy atom. The Morgan fingerprint density at radius 2 is 1.85 bits per heavy atom. The van der Waals surface area contributed by atoms with E-state index in [9.17, 15) is 5.11 Å². The summed E-state index contributed by atoms with van der Waals surface area (Å²) >= 11 is 0. The normalized spacial score (nSPS) is 17.0. The summed E-state index contributed by atoms with van der Waals surface area (Å²) in [5, 5.41) is 13.6. The van der Waals surface area contributed by atoms with Gasteiger partial charge in [0.25, 0.3) is 0 Å². The number of hydrogen-bond acceptors (Lipinski definition) is 7. The summed E-state index contributed by atoms with van der Waals surface area (Å²) in [6.45, 7) is 10.5. The minimum absolute atomic E-state index is 0.260. The van der Waals surface area contributed by atoms with Crippen molar-refractivity contribution in [2.75, 3.05) is 73.2 Å². The minimum atomic E-state index is -0.515. The Balaban J connectivity index is 1.77. The summed E-state index contributed by atoms with van der Waals surface area (Å²) in [5.74, 6) is 1.35. The molecule has 1 atom stereocenters. The maximum Gasteiger partial charge on any atom is 0.161 e. The van der Waals surface area contributed by atoms with Crippen molar-refractivity contribution in [1.29, 1.82) is 0 Å². The van der Waals surface area contributed by atoms with E-state index >= 15 is 0 Å². The van der Waals surface area contributed by atoms with Gasteiger partial charge in [0.15, 0.2) is 11.5 Å². The van der Waals surface area contributed by atoms with Crippen molar-refractivity contribution in [2.24, 2.45) is 0 Å². The smallest absolute Gasteiger partial charge is 0.161 e. The van der Waals surface area contributed by atoms with E-state index < -0.39 is 6.10 Å². The van der Waals surface area contributed by atoms with E-state index in [4.69, 9.17) is 14.2 Å². The maximum atomic E-state index is 10.3. The third-order valence-corrected chi connectivity index (χ3v) is 4.85. The molecule has 0 bridgehead atoms. The molecule has 0 saturated carbocycles. The number of benzene rings is 1. The van der Waals surface area contributed by atoms with Crippen molar-refractivity contribution >= 4 is 0 Å². The Labute approximate surface area is 163 Å². The number of nitrogens with zero attached hydrogens (tertiary/aromatic N) is 2. The van der Waals surface area contributed by atoms with Gasteiger partial charge in [0.05, 0.1) is 13.7 Å². The first-order chi connectivity index (χ1) is 13.2. The van der Waals surface area contributed by atoms with Gasteiger partial charge in [-0.3, -0.25) is 4.90 Å². The highest BCUT2D eigenvalue weighted by Gasteiger charge is 2.19. The zero-order chi connectivity index (χ0) is 19.5. The lowest BCUT2D eigenvalue weighted by atomic mass is 10.2. The van der Waals surface area contributed by atoms with Crippen molar-refractivity contribution in [2.45, 2.75) is 19.6 Å². The fourth-order valence-electron chi connectivity index (χ4n) is 3.17. The Kier molecular flexibility index (Phi) is 9.86. The van der Waals surface area contributed by atoms with Crippen LogP contribution in [0.4, 0.5) is 0 Å². The van der Waals surface area contributed by atoms with E-state index in [0.717, 1.165) is 51.4 Å². The molecule has 0 radical (unpaired) electrons. The van der Waals surface area contributed by atoms with E-state index in [2.05, 4.69) is 22.0 Å². The number of nitrogens with one attached hydrogen (secondary N) is 1. The first-order valence-electron chi connectivity index (χ1n) is 9.78.